The van der Waals surface area contributed by atoms with Gasteiger partial charge in [0.1, 0.15) is 0 Å². The molecular formula is C24H32N4O3. The molecule has 7 nitrogen and oxygen atoms in total. The topological polar surface area (TPSA) is 97.2 Å². The van der Waals surface area contributed by atoms with Gasteiger partial charge in [0.2, 0.25) is 5.82 Å². The number of aliphatic hydroxyl groups excluding tert-OH is 2. The Hall–Kier alpha value is -2.51. The first-order valence-electron chi connectivity index (χ1n) is 11.0. The molecule has 7 heteroatoms. The van der Waals surface area contributed by atoms with Crippen LogP contribution >= 0.6 is 0 Å². The van der Waals surface area contributed by atoms with Crippen LogP contribution in [0.15, 0.2) is 16.7 Å². The maximum Gasteiger partial charge on any atom is 0.279 e. The molecule has 1 aliphatic rings. The summed E-state index contributed by atoms with van der Waals surface area (Å²) < 4.78 is 7.74. The third-order valence-electron chi connectivity index (χ3n) is 6.40. The molecule has 1 aromatic carbocycles. The fraction of sp³-hybridized carbons (Fsp3) is 0.542. The van der Waals surface area contributed by atoms with Crippen molar-refractivity contribution in [2.24, 2.45) is 5.41 Å². The molecule has 2 heterocycles. The molecule has 0 saturated carbocycles. The first kappa shape index (κ1) is 21.7. The number of aryl methyl sites for hydroxylation is 3. The smallest absolute Gasteiger partial charge is 0.279 e. The first-order chi connectivity index (χ1) is 14.7. The largest absolute Gasteiger partial charge is 0.394 e. The van der Waals surface area contributed by atoms with E-state index in [0.717, 1.165) is 53.8 Å². The minimum absolute atomic E-state index is 0.249. The normalized spacial score (nSPS) is 16.4. The summed E-state index contributed by atoms with van der Waals surface area (Å²) in [5, 5.41) is 28.0. The number of hydrogen-bond donors (Lipinski definition) is 2. The fourth-order valence-electron chi connectivity index (χ4n) is 4.61. The molecule has 166 valence electrons. The van der Waals surface area contributed by atoms with Crippen molar-refractivity contribution in [1.29, 1.82) is 0 Å². The average Bonchev–Trinajstić information content (AvgIpc) is 3.34. The molecule has 2 N–H and O–H groups in total. The minimum Gasteiger partial charge on any atom is -0.394 e. The van der Waals surface area contributed by atoms with Crippen LogP contribution in [0.1, 0.15) is 55.1 Å². The number of nitrogens with zero attached hydrogens (tertiary/aromatic N) is 4. The van der Waals surface area contributed by atoms with Gasteiger partial charge in [0.05, 0.1) is 12.7 Å². The first-order valence-corrected chi connectivity index (χ1v) is 11.0. The van der Waals surface area contributed by atoms with Crippen LogP contribution in [0, 0.1) is 19.3 Å². The second-order valence-corrected chi connectivity index (χ2v) is 9.48. The van der Waals surface area contributed by atoms with Crippen molar-refractivity contribution < 1.29 is 14.7 Å². The lowest BCUT2D eigenvalue weighted by atomic mass is 9.76. The summed E-state index contributed by atoms with van der Waals surface area (Å²) in [6, 6.07) is 4.01. The number of fused-ring (bicyclic) bond motifs is 1. The molecule has 0 bridgehead atoms. The van der Waals surface area contributed by atoms with Gasteiger partial charge < -0.3 is 14.7 Å². The highest BCUT2D eigenvalue weighted by Crippen LogP contribution is 2.39. The Bertz CT molecular complexity index is 1070. The van der Waals surface area contributed by atoms with Crippen LogP contribution in [0.2, 0.25) is 0 Å². The van der Waals surface area contributed by atoms with Gasteiger partial charge in [0.25, 0.3) is 5.89 Å². The van der Waals surface area contributed by atoms with Gasteiger partial charge >= 0.3 is 0 Å². The number of benzene rings is 1. The molecule has 3 aromatic rings. The van der Waals surface area contributed by atoms with Gasteiger partial charge in [-0.3, -0.25) is 4.68 Å². The molecule has 0 fully saturated rings. The van der Waals surface area contributed by atoms with Crippen molar-refractivity contribution >= 4 is 0 Å². The van der Waals surface area contributed by atoms with E-state index in [1.165, 1.54) is 11.3 Å². The molecule has 0 spiro atoms. The highest BCUT2D eigenvalue weighted by molar-refractivity contribution is 5.63. The standard InChI is InChI=1S/C24H32N4O3/c1-6-28-20-12-24(4,5)8-7-18(20)21(26-28)23-25-22(27-31-23)16-9-14(2)19(15(3)10-16)11-17(30)13-29/h9-10,17,29-30H,6-8,11-13H2,1-5H3. The average molecular weight is 425 g/mol. The Balaban J connectivity index is 1.68. The van der Waals surface area contributed by atoms with E-state index in [4.69, 9.17) is 14.7 Å². The number of rotatable bonds is 6. The maximum atomic E-state index is 9.83. The van der Waals surface area contributed by atoms with E-state index in [2.05, 4.69) is 35.6 Å². The highest BCUT2D eigenvalue weighted by atomic mass is 16.5. The molecule has 4 rings (SSSR count). The predicted molar refractivity (Wildman–Crippen MR) is 119 cm³/mol. The molecule has 1 atom stereocenters. The summed E-state index contributed by atoms with van der Waals surface area (Å²) >= 11 is 0. The summed E-state index contributed by atoms with van der Waals surface area (Å²) in [6.45, 7) is 11.3. The van der Waals surface area contributed by atoms with Crippen LogP contribution in [-0.2, 0) is 25.8 Å². The Kier molecular flexibility index (Phi) is 5.75. The van der Waals surface area contributed by atoms with Crippen molar-refractivity contribution in [2.75, 3.05) is 6.61 Å². The van der Waals surface area contributed by atoms with Crippen LogP contribution in [0.3, 0.4) is 0 Å². The summed E-state index contributed by atoms with van der Waals surface area (Å²) in [5.74, 6) is 1.000. The fourth-order valence-corrected chi connectivity index (χ4v) is 4.61. The zero-order chi connectivity index (χ0) is 22.3. The predicted octanol–water partition coefficient (Wildman–Crippen LogP) is 3.65. The van der Waals surface area contributed by atoms with Gasteiger partial charge in [-0.25, -0.2) is 0 Å². The van der Waals surface area contributed by atoms with Gasteiger partial charge in [-0.2, -0.15) is 10.1 Å². The monoisotopic (exact) mass is 424 g/mol. The Morgan fingerprint density at radius 1 is 1.23 bits per heavy atom. The lowest BCUT2D eigenvalue weighted by molar-refractivity contribution is 0.0953. The molecule has 0 aliphatic heterocycles. The lowest BCUT2D eigenvalue weighted by Crippen LogP contribution is -2.24. The van der Waals surface area contributed by atoms with Crippen molar-refractivity contribution in [3.8, 4) is 23.0 Å². The SMILES string of the molecule is CCn1nc(-c2nc(-c3cc(C)c(CC(O)CO)c(C)c3)no2)c2c1CC(C)(C)CC2. The Morgan fingerprint density at radius 2 is 1.94 bits per heavy atom. The summed E-state index contributed by atoms with van der Waals surface area (Å²) in [5.41, 5.74) is 7.57. The second-order valence-electron chi connectivity index (χ2n) is 9.48. The van der Waals surface area contributed by atoms with Gasteiger partial charge in [-0.1, -0.05) is 19.0 Å². The van der Waals surface area contributed by atoms with Crippen LogP contribution in [0.4, 0.5) is 0 Å². The van der Waals surface area contributed by atoms with Crippen LogP contribution < -0.4 is 0 Å². The molecule has 0 radical (unpaired) electrons. The van der Waals surface area contributed by atoms with E-state index in [1.807, 2.05) is 26.0 Å². The molecule has 0 amide bonds. The second kappa shape index (κ2) is 8.20. The zero-order valence-electron chi connectivity index (χ0n) is 19.1. The van der Waals surface area contributed by atoms with Gasteiger partial charge in [0.15, 0.2) is 5.69 Å². The van der Waals surface area contributed by atoms with E-state index >= 15 is 0 Å². The van der Waals surface area contributed by atoms with E-state index in [1.54, 1.807) is 0 Å². The summed E-state index contributed by atoms with van der Waals surface area (Å²) in [6.07, 6.45) is 2.75. The quantitative estimate of drug-likeness (QED) is 0.627. The van der Waals surface area contributed by atoms with Crippen LogP contribution in [0.25, 0.3) is 23.0 Å². The highest BCUT2D eigenvalue weighted by Gasteiger charge is 2.32. The molecule has 1 aliphatic carbocycles. The third kappa shape index (κ3) is 4.16. The number of hydrogen-bond acceptors (Lipinski definition) is 6. The molecular weight excluding hydrogens is 392 g/mol. The van der Waals surface area contributed by atoms with E-state index in [9.17, 15) is 5.11 Å². The molecule has 2 aromatic heterocycles. The molecule has 1 unspecified atom stereocenters. The van der Waals surface area contributed by atoms with Crippen molar-refractivity contribution in [1.82, 2.24) is 19.9 Å². The van der Waals surface area contributed by atoms with Gasteiger partial charge in [0, 0.05) is 29.8 Å². The Morgan fingerprint density at radius 3 is 2.58 bits per heavy atom. The maximum absolute atomic E-state index is 9.83. The zero-order valence-corrected chi connectivity index (χ0v) is 19.1. The van der Waals surface area contributed by atoms with Crippen LogP contribution in [0.5, 0.6) is 0 Å². The molecule has 0 saturated heterocycles. The van der Waals surface area contributed by atoms with Gasteiger partial charge in [-0.05, 0) is 74.3 Å². The van der Waals surface area contributed by atoms with Gasteiger partial charge in [-0.15, -0.1) is 0 Å². The van der Waals surface area contributed by atoms with Crippen LogP contribution in [-0.4, -0.2) is 42.8 Å². The van der Waals surface area contributed by atoms with E-state index < -0.39 is 6.10 Å². The van der Waals surface area contributed by atoms with Crippen molar-refractivity contribution in [3.63, 3.8) is 0 Å². The number of aliphatic hydroxyl groups is 2. The van der Waals surface area contributed by atoms with Crippen molar-refractivity contribution in [2.45, 2.75) is 73.0 Å². The third-order valence-corrected chi connectivity index (χ3v) is 6.40. The number of aromatic nitrogens is 4. The Labute approximate surface area is 183 Å². The minimum atomic E-state index is -0.759. The van der Waals surface area contributed by atoms with Crippen molar-refractivity contribution in [3.05, 3.63) is 40.1 Å². The van der Waals surface area contributed by atoms with E-state index in [-0.39, 0.29) is 12.0 Å². The summed E-state index contributed by atoms with van der Waals surface area (Å²) in [4.78, 5) is 4.69. The molecule has 31 heavy (non-hydrogen) atoms. The lowest BCUT2D eigenvalue weighted by Gasteiger charge is -2.30. The van der Waals surface area contributed by atoms with E-state index in [0.29, 0.717) is 18.1 Å². The summed E-state index contributed by atoms with van der Waals surface area (Å²) in [7, 11) is 0.